The Bertz CT molecular complexity index is 1120. The molecule has 0 aromatic heterocycles. The molecule has 2 aromatic carbocycles. The number of thiocarbonyl (C=S) groups is 1. The summed E-state index contributed by atoms with van der Waals surface area (Å²) >= 11 is 5.46. The average molecular weight is 498 g/mol. The maximum atomic E-state index is 13.0. The summed E-state index contributed by atoms with van der Waals surface area (Å²) in [5.41, 5.74) is 3.05. The molecular formula is C26H31N3O5S. The number of rotatable bonds is 8. The van der Waals surface area contributed by atoms with Crippen molar-refractivity contribution in [3.05, 3.63) is 64.9 Å². The fourth-order valence-corrected chi connectivity index (χ4v) is 3.83. The van der Waals surface area contributed by atoms with Crippen LogP contribution in [0.5, 0.6) is 11.5 Å². The van der Waals surface area contributed by atoms with E-state index in [2.05, 4.69) is 10.6 Å². The van der Waals surface area contributed by atoms with Crippen molar-refractivity contribution in [3.8, 4) is 11.5 Å². The van der Waals surface area contributed by atoms with Gasteiger partial charge in [0.25, 0.3) is 5.91 Å². The lowest BCUT2D eigenvalue weighted by atomic mass is 9.95. The number of amides is 1. The van der Waals surface area contributed by atoms with Crippen molar-refractivity contribution in [1.29, 1.82) is 0 Å². The van der Waals surface area contributed by atoms with Gasteiger partial charge in [0.05, 0.1) is 32.4 Å². The molecule has 1 amide bonds. The molecule has 0 saturated heterocycles. The minimum Gasteiger partial charge on any atom is -0.497 e. The van der Waals surface area contributed by atoms with Crippen LogP contribution < -0.4 is 20.1 Å². The van der Waals surface area contributed by atoms with Gasteiger partial charge in [-0.05, 0) is 54.9 Å². The number of hydrogen-bond acceptors (Lipinski definition) is 6. The van der Waals surface area contributed by atoms with Gasteiger partial charge in [0.2, 0.25) is 0 Å². The second-order valence-corrected chi connectivity index (χ2v) is 9.00. The maximum absolute atomic E-state index is 13.0. The molecule has 0 aliphatic carbocycles. The minimum absolute atomic E-state index is 0.223. The van der Waals surface area contributed by atoms with E-state index in [1.165, 1.54) is 14.2 Å². The summed E-state index contributed by atoms with van der Waals surface area (Å²) in [4.78, 5) is 27.5. The Morgan fingerprint density at radius 1 is 1.09 bits per heavy atom. The predicted octanol–water partition coefficient (Wildman–Crippen LogP) is 4.29. The first-order valence-electron chi connectivity index (χ1n) is 11.2. The van der Waals surface area contributed by atoms with Crippen LogP contribution in [-0.4, -0.2) is 49.8 Å². The van der Waals surface area contributed by atoms with Crippen molar-refractivity contribution in [3.63, 3.8) is 0 Å². The van der Waals surface area contributed by atoms with Gasteiger partial charge in [-0.15, -0.1) is 0 Å². The highest BCUT2D eigenvalue weighted by Gasteiger charge is 2.33. The van der Waals surface area contributed by atoms with Crippen LogP contribution in [0.25, 0.3) is 0 Å². The van der Waals surface area contributed by atoms with E-state index < -0.39 is 6.04 Å². The van der Waals surface area contributed by atoms with Crippen molar-refractivity contribution >= 4 is 34.9 Å². The zero-order chi connectivity index (χ0) is 25.7. The van der Waals surface area contributed by atoms with Crippen molar-refractivity contribution in [2.24, 2.45) is 5.92 Å². The molecular weight excluding hydrogens is 466 g/mol. The number of hydrogen-bond donors (Lipinski definition) is 2. The molecule has 1 heterocycles. The zero-order valence-electron chi connectivity index (χ0n) is 20.8. The SMILES string of the molecule is COc1cc(OC)cc(C(=O)Nc2ccc([C@H]3NC(=S)N(C)C(C)=C3C(=O)OCC(C)C)cc2)c1. The van der Waals surface area contributed by atoms with Crippen LogP contribution in [0.4, 0.5) is 5.69 Å². The Hall–Kier alpha value is -3.59. The summed E-state index contributed by atoms with van der Waals surface area (Å²) < 4.78 is 16.0. The van der Waals surface area contributed by atoms with Crippen LogP contribution in [0.2, 0.25) is 0 Å². The Morgan fingerprint density at radius 3 is 2.23 bits per heavy atom. The Kier molecular flexibility index (Phi) is 8.34. The number of methoxy groups -OCH3 is 2. The van der Waals surface area contributed by atoms with Crippen LogP contribution in [0.3, 0.4) is 0 Å². The zero-order valence-corrected chi connectivity index (χ0v) is 21.6. The van der Waals surface area contributed by atoms with E-state index in [-0.39, 0.29) is 17.8 Å². The van der Waals surface area contributed by atoms with Gasteiger partial charge in [0, 0.05) is 30.1 Å². The third-order valence-corrected chi connectivity index (χ3v) is 6.03. The van der Waals surface area contributed by atoms with E-state index in [1.54, 1.807) is 35.2 Å². The van der Waals surface area contributed by atoms with Crippen molar-refractivity contribution in [2.75, 3.05) is 33.2 Å². The second kappa shape index (κ2) is 11.2. The molecule has 35 heavy (non-hydrogen) atoms. The molecule has 2 aromatic rings. The van der Waals surface area contributed by atoms with Gasteiger partial charge in [0.1, 0.15) is 11.5 Å². The molecule has 0 fully saturated rings. The Labute approximate surface area is 211 Å². The molecule has 186 valence electrons. The number of esters is 1. The first-order valence-corrected chi connectivity index (χ1v) is 11.6. The molecule has 9 heteroatoms. The number of anilines is 1. The number of nitrogens with zero attached hydrogens (tertiary/aromatic N) is 1. The number of ether oxygens (including phenoxy) is 3. The summed E-state index contributed by atoms with van der Waals surface area (Å²) in [6, 6.07) is 11.7. The monoisotopic (exact) mass is 497 g/mol. The van der Waals surface area contributed by atoms with Gasteiger partial charge in [-0.25, -0.2) is 4.79 Å². The van der Waals surface area contributed by atoms with Crippen LogP contribution in [0, 0.1) is 5.92 Å². The molecule has 3 rings (SSSR count). The summed E-state index contributed by atoms with van der Waals surface area (Å²) in [5, 5.41) is 6.61. The molecule has 0 radical (unpaired) electrons. The number of carbonyl (C=O) groups excluding carboxylic acids is 2. The standard InChI is InChI=1S/C26H31N3O5S/c1-15(2)14-34-25(31)22-16(3)29(4)26(35)28-23(22)17-7-9-19(10-8-17)27-24(30)18-11-20(32-5)13-21(12-18)33-6/h7-13,15,23H,14H2,1-6H3,(H,27,30)(H,28,35)/t23-/m1/s1. The van der Waals surface area contributed by atoms with Gasteiger partial charge >= 0.3 is 5.97 Å². The molecule has 0 bridgehead atoms. The fraction of sp³-hybridized carbons (Fsp3) is 0.346. The smallest absolute Gasteiger partial charge is 0.338 e. The Balaban J connectivity index is 1.83. The number of nitrogens with one attached hydrogen (secondary N) is 2. The van der Waals surface area contributed by atoms with E-state index in [9.17, 15) is 9.59 Å². The van der Waals surface area contributed by atoms with E-state index in [4.69, 9.17) is 26.4 Å². The summed E-state index contributed by atoms with van der Waals surface area (Å²) in [6.07, 6.45) is 0. The number of allylic oxidation sites excluding steroid dienone is 1. The molecule has 2 N–H and O–H groups in total. The van der Waals surface area contributed by atoms with Gasteiger partial charge in [0.15, 0.2) is 5.11 Å². The Morgan fingerprint density at radius 2 is 1.69 bits per heavy atom. The van der Waals surface area contributed by atoms with Gasteiger partial charge in [-0.3, -0.25) is 4.79 Å². The van der Waals surface area contributed by atoms with E-state index in [0.717, 1.165) is 11.3 Å². The highest BCUT2D eigenvalue weighted by atomic mass is 32.1. The van der Waals surface area contributed by atoms with Crippen molar-refractivity contribution < 1.29 is 23.8 Å². The number of carbonyl (C=O) groups is 2. The third-order valence-electron chi connectivity index (χ3n) is 5.64. The minimum atomic E-state index is -0.467. The van der Waals surface area contributed by atoms with E-state index in [0.29, 0.717) is 40.0 Å². The lowest BCUT2D eigenvalue weighted by Crippen LogP contribution is -2.46. The lowest BCUT2D eigenvalue weighted by Gasteiger charge is -2.35. The topological polar surface area (TPSA) is 89.1 Å². The predicted molar refractivity (Wildman–Crippen MR) is 139 cm³/mol. The summed E-state index contributed by atoms with van der Waals surface area (Å²) in [5.74, 6) is 0.581. The third kappa shape index (κ3) is 6.10. The molecule has 1 atom stereocenters. The fourth-order valence-electron chi connectivity index (χ4n) is 3.57. The highest BCUT2D eigenvalue weighted by Crippen LogP contribution is 2.31. The lowest BCUT2D eigenvalue weighted by molar-refractivity contribution is -0.140. The maximum Gasteiger partial charge on any atom is 0.338 e. The summed E-state index contributed by atoms with van der Waals surface area (Å²) in [7, 11) is 4.87. The number of benzene rings is 2. The summed E-state index contributed by atoms with van der Waals surface area (Å²) in [6.45, 7) is 6.15. The van der Waals surface area contributed by atoms with E-state index in [1.807, 2.05) is 40.0 Å². The van der Waals surface area contributed by atoms with Crippen LogP contribution in [0.15, 0.2) is 53.7 Å². The van der Waals surface area contributed by atoms with Crippen molar-refractivity contribution in [2.45, 2.75) is 26.8 Å². The molecule has 1 aliphatic rings. The molecule has 8 nitrogen and oxygen atoms in total. The van der Waals surface area contributed by atoms with Gasteiger partial charge in [-0.2, -0.15) is 0 Å². The first-order chi connectivity index (χ1) is 16.6. The largest absolute Gasteiger partial charge is 0.497 e. The normalized spacial score (nSPS) is 15.6. The van der Waals surface area contributed by atoms with Crippen molar-refractivity contribution in [1.82, 2.24) is 10.2 Å². The van der Waals surface area contributed by atoms with Crippen LogP contribution >= 0.6 is 12.2 Å². The molecule has 0 unspecified atom stereocenters. The average Bonchev–Trinajstić information content (AvgIpc) is 2.85. The molecule has 1 aliphatic heterocycles. The molecule has 0 spiro atoms. The van der Waals surface area contributed by atoms with Crippen LogP contribution in [-0.2, 0) is 9.53 Å². The second-order valence-electron chi connectivity index (χ2n) is 8.61. The quantitative estimate of drug-likeness (QED) is 0.413. The van der Waals surface area contributed by atoms with Gasteiger partial charge < -0.3 is 29.7 Å². The van der Waals surface area contributed by atoms with Gasteiger partial charge in [-0.1, -0.05) is 26.0 Å². The van der Waals surface area contributed by atoms with Crippen LogP contribution in [0.1, 0.15) is 42.7 Å². The highest BCUT2D eigenvalue weighted by molar-refractivity contribution is 7.80. The molecule has 0 saturated carbocycles. The van der Waals surface area contributed by atoms with E-state index >= 15 is 0 Å². The first kappa shape index (κ1) is 26.0.